The summed E-state index contributed by atoms with van der Waals surface area (Å²) in [4.78, 5) is 32.2. The number of amides is 1. The number of guanidine groups is 1. The molecule has 5 rings (SSSR count). The molecule has 5 N–H and O–H groups in total. The van der Waals surface area contributed by atoms with Crippen molar-refractivity contribution in [2.75, 3.05) is 31.8 Å². The first-order chi connectivity index (χ1) is 24.2. The molecule has 10 nitrogen and oxygen atoms in total. The first kappa shape index (κ1) is 37.9. The summed E-state index contributed by atoms with van der Waals surface area (Å²) in [7, 11) is 4.99. The SMILES string of the molecule is COc1cc2cc(c1O)CN1CC3(CC1=O)C(C=CC3c1ccccc1)CNC(N)=NCSSCCCCCCC(O)CC(OC(C)=O)CC2. The Labute approximate surface area is 304 Å². The quantitative estimate of drug-likeness (QED) is 0.171. The van der Waals surface area contributed by atoms with Gasteiger partial charge >= 0.3 is 5.97 Å². The molecule has 5 unspecified atom stereocenters. The summed E-state index contributed by atoms with van der Waals surface area (Å²) in [6.07, 6.45) is 10.0. The van der Waals surface area contributed by atoms with E-state index in [4.69, 9.17) is 15.2 Å². The number of carbonyl (C=O) groups is 2. The third-order valence-electron chi connectivity index (χ3n) is 10.2. The Bertz CT molecular complexity index is 1510. The molecule has 1 saturated heterocycles. The number of carbonyl (C=O) groups excluding carboxylic acids is 2. The number of allylic oxidation sites excluding steroid dienone is 1. The molecule has 1 spiro atoms. The van der Waals surface area contributed by atoms with E-state index in [-0.39, 0.29) is 36.0 Å². The molecular formula is C38H52N4O6S2. The highest BCUT2D eigenvalue weighted by Gasteiger charge is 2.54. The van der Waals surface area contributed by atoms with Crippen molar-refractivity contribution < 1.29 is 29.3 Å². The minimum absolute atomic E-state index is 0.00695. The number of ether oxygens (including phenoxy) is 2. The number of phenols is 1. The highest BCUT2D eigenvalue weighted by molar-refractivity contribution is 8.76. The number of nitrogens with zero attached hydrogens (tertiary/aromatic N) is 2. The maximum atomic E-state index is 13.9. The minimum Gasteiger partial charge on any atom is -0.504 e. The van der Waals surface area contributed by atoms with E-state index in [2.05, 4.69) is 34.6 Å². The van der Waals surface area contributed by atoms with Crippen LogP contribution in [0.3, 0.4) is 0 Å². The Balaban J connectivity index is 1.41. The summed E-state index contributed by atoms with van der Waals surface area (Å²) in [6.45, 7) is 2.68. The third kappa shape index (κ3) is 9.91. The summed E-state index contributed by atoms with van der Waals surface area (Å²) >= 11 is 0. The molecule has 4 bridgehead atoms. The number of rotatable bonds is 3. The van der Waals surface area contributed by atoms with E-state index in [1.807, 2.05) is 29.2 Å². The van der Waals surface area contributed by atoms with Gasteiger partial charge in [-0.3, -0.25) is 9.59 Å². The van der Waals surface area contributed by atoms with Gasteiger partial charge < -0.3 is 35.6 Å². The van der Waals surface area contributed by atoms with Crippen LogP contribution in [0.25, 0.3) is 0 Å². The van der Waals surface area contributed by atoms with Crippen molar-refractivity contribution in [3.05, 3.63) is 71.3 Å². The number of aliphatic hydroxyl groups excluding tert-OH is 1. The molecule has 0 aromatic heterocycles. The highest BCUT2D eigenvalue weighted by atomic mass is 33.1. The summed E-state index contributed by atoms with van der Waals surface area (Å²) in [5.74, 6) is 2.02. The molecule has 1 amide bonds. The number of methoxy groups -OCH3 is 1. The molecule has 2 heterocycles. The molecule has 1 fully saturated rings. The van der Waals surface area contributed by atoms with Crippen LogP contribution in [-0.2, 0) is 27.3 Å². The molecule has 0 saturated carbocycles. The predicted molar refractivity (Wildman–Crippen MR) is 201 cm³/mol. The fraction of sp³-hybridized carbons (Fsp3) is 0.553. The van der Waals surface area contributed by atoms with Crippen LogP contribution in [0.5, 0.6) is 11.5 Å². The van der Waals surface area contributed by atoms with E-state index in [0.717, 1.165) is 42.6 Å². The van der Waals surface area contributed by atoms with Gasteiger partial charge in [-0.25, -0.2) is 4.99 Å². The van der Waals surface area contributed by atoms with Gasteiger partial charge in [0.2, 0.25) is 5.91 Å². The second-order valence-corrected chi connectivity index (χ2v) is 16.3. The van der Waals surface area contributed by atoms with E-state index in [0.29, 0.717) is 68.3 Å². The Kier molecular flexibility index (Phi) is 13.8. The number of phenolic OH excluding ortho intramolecular Hbond substituents is 1. The van der Waals surface area contributed by atoms with Gasteiger partial charge in [-0.15, -0.1) is 0 Å². The normalized spacial score (nSPS) is 27.5. The molecule has 272 valence electrons. The lowest BCUT2D eigenvalue weighted by atomic mass is 9.68. The lowest BCUT2D eigenvalue weighted by Gasteiger charge is -2.37. The number of aliphatic imine (C=N–C) groups is 1. The second-order valence-electron chi connectivity index (χ2n) is 13.7. The number of hydrogen-bond donors (Lipinski definition) is 4. The van der Waals surface area contributed by atoms with Crippen LogP contribution >= 0.6 is 21.6 Å². The molecule has 12 heteroatoms. The number of esters is 1. The molecule has 2 aromatic rings. The lowest BCUT2D eigenvalue weighted by Crippen LogP contribution is -2.43. The molecule has 3 aliphatic rings. The van der Waals surface area contributed by atoms with Gasteiger partial charge in [-0.05, 0) is 42.9 Å². The van der Waals surface area contributed by atoms with E-state index < -0.39 is 17.6 Å². The first-order valence-corrected chi connectivity index (χ1v) is 20.2. The van der Waals surface area contributed by atoms with Crippen molar-refractivity contribution in [3.63, 3.8) is 0 Å². The number of aryl methyl sites for hydroxylation is 1. The van der Waals surface area contributed by atoms with Gasteiger partial charge in [-0.2, -0.15) is 0 Å². The summed E-state index contributed by atoms with van der Waals surface area (Å²) in [6, 6.07) is 14.0. The van der Waals surface area contributed by atoms with Crippen molar-refractivity contribution in [2.24, 2.45) is 22.1 Å². The number of benzene rings is 2. The average Bonchev–Trinajstić information content (AvgIpc) is 3.61. The fourth-order valence-electron chi connectivity index (χ4n) is 7.65. The monoisotopic (exact) mass is 724 g/mol. The summed E-state index contributed by atoms with van der Waals surface area (Å²) in [5, 5.41) is 25.4. The standard InChI is InChI=1S/C38H52N4O6S2/c1-26(43)48-32-15-13-27-18-29(36(46)34(19-27)47-2)23-42-24-38(21-35(42)45)30(14-16-33(38)28-10-6-5-7-11-28)22-40-37(39)41-25-50-49-17-9-4-3-8-12-31(44)20-32/h5-7,10-11,14,16,18-19,30-33,44,46H,3-4,8-9,12-13,15,17,20-25H2,1-2H3,(H3,39,40,41). The predicted octanol–water partition coefficient (Wildman–Crippen LogP) is 5.91. The van der Waals surface area contributed by atoms with Crippen LogP contribution in [0.15, 0.2) is 59.6 Å². The number of aromatic hydroxyl groups is 1. The number of hydrogen-bond acceptors (Lipinski definition) is 11. The summed E-state index contributed by atoms with van der Waals surface area (Å²) < 4.78 is 11.2. The molecule has 1 aliphatic carbocycles. The van der Waals surface area contributed by atoms with Crippen LogP contribution < -0.4 is 15.8 Å². The number of aliphatic hydroxyl groups is 1. The Morgan fingerprint density at radius 2 is 1.90 bits per heavy atom. The Morgan fingerprint density at radius 1 is 1.10 bits per heavy atom. The Hall–Kier alpha value is -3.35. The maximum Gasteiger partial charge on any atom is 0.302 e. The number of nitrogens with one attached hydrogen (secondary N) is 1. The van der Waals surface area contributed by atoms with Crippen LogP contribution in [-0.4, -0.2) is 77.0 Å². The largest absolute Gasteiger partial charge is 0.504 e. The highest BCUT2D eigenvalue weighted by Crippen LogP contribution is 2.55. The molecule has 2 aliphatic heterocycles. The van der Waals surface area contributed by atoms with Gasteiger partial charge in [0.15, 0.2) is 17.5 Å². The van der Waals surface area contributed by atoms with Crippen molar-refractivity contribution in [1.82, 2.24) is 10.2 Å². The van der Waals surface area contributed by atoms with E-state index in [1.54, 1.807) is 27.7 Å². The van der Waals surface area contributed by atoms with Crippen LogP contribution in [0, 0.1) is 11.3 Å². The summed E-state index contributed by atoms with van der Waals surface area (Å²) in [5.41, 5.74) is 8.55. The lowest BCUT2D eigenvalue weighted by molar-refractivity contribution is -0.148. The number of nitrogens with two attached hydrogens (primary N) is 1. The Morgan fingerprint density at radius 3 is 2.68 bits per heavy atom. The van der Waals surface area contributed by atoms with Crippen molar-refractivity contribution in [1.29, 1.82) is 0 Å². The van der Waals surface area contributed by atoms with Gasteiger partial charge in [0.05, 0.1) is 19.1 Å². The molecular weight excluding hydrogens is 673 g/mol. The average molecular weight is 725 g/mol. The molecule has 50 heavy (non-hydrogen) atoms. The zero-order chi connectivity index (χ0) is 35.5. The topological polar surface area (TPSA) is 147 Å². The minimum atomic E-state index is -0.563. The number of fused-ring (bicyclic) bond motifs is 3. The second kappa shape index (κ2) is 18.2. The van der Waals surface area contributed by atoms with Crippen molar-refractivity contribution in [2.45, 2.75) is 89.4 Å². The molecule has 0 radical (unpaired) electrons. The fourth-order valence-corrected chi connectivity index (χ4v) is 9.44. The maximum absolute atomic E-state index is 13.9. The van der Waals surface area contributed by atoms with Crippen molar-refractivity contribution >= 4 is 39.4 Å². The van der Waals surface area contributed by atoms with E-state index >= 15 is 0 Å². The van der Waals surface area contributed by atoms with Gasteiger partial charge in [0.1, 0.15) is 6.10 Å². The smallest absolute Gasteiger partial charge is 0.302 e. The van der Waals surface area contributed by atoms with Crippen molar-refractivity contribution in [3.8, 4) is 11.5 Å². The van der Waals surface area contributed by atoms with E-state index in [1.165, 1.54) is 14.0 Å². The zero-order valence-corrected chi connectivity index (χ0v) is 30.9. The van der Waals surface area contributed by atoms with Crippen LogP contribution in [0.2, 0.25) is 0 Å². The van der Waals surface area contributed by atoms with Crippen LogP contribution in [0.4, 0.5) is 0 Å². The van der Waals surface area contributed by atoms with Crippen LogP contribution in [0.1, 0.15) is 80.9 Å². The third-order valence-corrected chi connectivity index (χ3v) is 12.3. The zero-order valence-electron chi connectivity index (χ0n) is 29.2. The van der Waals surface area contributed by atoms with Gasteiger partial charge in [0, 0.05) is 68.0 Å². The first-order valence-electron chi connectivity index (χ1n) is 17.7. The van der Waals surface area contributed by atoms with Gasteiger partial charge in [0.25, 0.3) is 0 Å². The van der Waals surface area contributed by atoms with E-state index in [9.17, 15) is 19.8 Å². The van der Waals surface area contributed by atoms with Gasteiger partial charge in [-0.1, -0.05) is 89.4 Å². The molecule has 5 atom stereocenters. The molecule has 2 aromatic carbocycles.